The van der Waals surface area contributed by atoms with Crippen molar-refractivity contribution in [3.63, 3.8) is 0 Å². The van der Waals surface area contributed by atoms with E-state index in [4.69, 9.17) is 9.97 Å². The predicted molar refractivity (Wildman–Crippen MR) is 166 cm³/mol. The standard InChI is InChI=1S/C32H42N4S2/c1(3-5-11-19-33-29-23-13-7-9-15-27(23)35-31-25(29)17-21-37-31)2-4-6-12-20-34-30-24-14-8-10-16-28(24)36-32-26(30)18-22-38-32/h17-18,21-22H,1-16,19-20H2,(H,33,35)(H,34,36). The smallest absolute Gasteiger partial charge is 0.125 e. The molecule has 0 amide bonds. The lowest BCUT2D eigenvalue weighted by Crippen LogP contribution is -2.11. The Morgan fingerprint density at radius 3 is 1.45 bits per heavy atom. The molecule has 0 aromatic carbocycles. The number of nitrogens with one attached hydrogen (secondary N) is 2. The molecule has 202 valence electrons. The molecule has 4 heterocycles. The maximum Gasteiger partial charge on any atom is 0.125 e. The predicted octanol–water partition coefficient (Wildman–Crippen LogP) is 9.31. The first kappa shape index (κ1) is 26.1. The van der Waals surface area contributed by atoms with Gasteiger partial charge in [0.1, 0.15) is 9.66 Å². The number of unbranched alkanes of at least 4 members (excludes halogenated alkanes) is 7. The molecule has 0 fully saturated rings. The summed E-state index contributed by atoms with van der Waals surface area (Å²) >= 11 is 3.56. The van der Waals surface area contributed by atoms with Crippen molar-refractivity contribution >= 4 is 54.5 Å². The molecule has 4 aromatic rings. The first-order valence-corrected chi connectivity index (χ1v) is 16.9. The molecular weight excluding hydrogens is 505 g/mol. The molecule has 0 aliphatic heterocycles. The van der Waals surface area contributed by atoms with E-state index in [1.165, 1.54) is 144 Å². The van der Waals surface area contributed by atoms with E-state index in [1.807, 2.05) is 0 Å². The van der Waals surface area contributed by atoms with E-state index < -0.39 is 0 Å². The maximum absolute atomic E-state index is 4.96. The van der Waals surface area contributed by atoms with Crippen LogP contribution in [0, 0.1) is 0 Å². The number of aromatic nitrogens is 2. The number of thiophene rings is 2. The van der Waals surface area contributed by atoms with Crippen LogP contribution in [0.1, 0.15) is 99.6 Å². The van der Waals surface area contributed by atoms with Crippen LogP contribution < -0.4 is 10.6 Å². The summed E-state index contributed by atoms with van der Waals surface area (Å²) in [6.07, 6.45) is 20.5. The van der Waals surface area contributed by atoms with Crippen LogP contribution in [0.4, 0.5) is 11.4 Å². The first-order valence-electron chi connectivity index (χ1n) is 15.1. The van der Waals surface area contributed by atoms with Gasteiger partial charge in [-0.2, -0.15) is 0 Å². The van der Waals surface area contributed by atoms with E-state index in [9.17, 15) is 0 Å². The van der Waals surface area contributed by atoms with Gasteiger partial charge in [-0.05, 0) is 98.2 Å². The minimum Gasteiger partial charge on any atom is -0.384 e. The molecule has 0 radical (unpaired) electrons. The van der Waals surface area contributed by atoms with Crippen molar-refractivity contribution in [2.45, 2.75) is 103 Å². The highest BCUT2D eigenvalue weighted by Crippen LogP contribution is 2.36. The molecule has 0 unspecified atom stereocenters. The molecule has 0 saturated carbocycles. The third-order valence-corrected chi connectivity index (χ3v) is 10.1. The molecule has 2 N–H and O–H groups in total. The SMILES string of the molecule is c1cc2c(NCCCCCCCCCCNc3c4c(nc5sccc35)CCCC4)c3c(nc2s1)CCCC3. The van der Waals surface area contributed by atoms with Gasteiger partial charge in [-0.15, -0.1) is 22.7 Å². The summed E-state index contributed by atoms with van der Waals surface area (Å²) in [6, 6.07) is 4.51. The summed E-state index contributed by atoms with van der Waals surface area (Å²) in [5.74, 6) is 0. The molecule has 0 atom stereocenters. The van der Waals surface area contributed by atoms with E-state index >= 15 is 0 Å². The van der Waals surface area contributed by atoms with E-state index in [0.717, 1.165) is 25.9 Å². The lowest BCUT2D eigenvalue weighted by molar-refractivity contribution is 0.577. The summed E-state index contributed by atoms with van der Waals surface area (Å²) in [7, 11) is 0. The summed E-state index contributed by atoms with van der Waals surface area (Å²) in [5, 5.41) is 14.7. The molecule has 0 bridgehead atoms. The van der Waals surface area contributed by atoms with Crippen LogP contribution in [-0.2, 0) is 25.7 Å². The quantitative estimate of drug-likeness (QED) is 0.164. The average Bonchev–Trinajstić information content (AvgIpc) is 3.62. The van der Waals surface area contributed by atoms with Crippen molar-refractivity contribution in [1.29, 1.82) is 0 Å². The van der Waals surface area contributed by atoms with Crippen LogP contribution in [-0.4, -0.2) is 23.1 Å². The lowest BCUT2D eigenvalue weighted by Gasteiger charge is -2.20. The highest BCUT2D eigenvalue weighted by Gasteiger charge is 2.19. The largest absolute Gasteiger partial charge is 0.384 e. The van der Waals surface area contributed by atoms with Crippen molar-refractivity contribution in [1.82, 2.24) is 9.97 Å². The zero-order chi connectivity index (χ0) is 25.6. The number of nitrogens with zero attached hydrogens (tertiary/aromatic N) is 2. The third-order valence-electron chi connectivity index (χ3n) is 8.49. The average molecular weight is 547 g/mol. The minimum atomic E-state index is 1.09. The van der Waals surface area contributed by atoms with Gasteiger partial charge in [0.05, 0.1) is 0 Å². The number of anilines is 2. The fourth-order valence-electron chi connectivity index (χ4n) is 6.43. The number of hydrogen-bond acceptors (Lipinski definition) is 6. The summed E-state index contributed by atoms with van der Waals surface area (Å²) in [5.41, 5.74) is 8.49. The number of rotatable bonds is 13. The van der Waals surface area contributed by atoms with Crippen LogP contribution in [0.25, 0.3) is 20.4 Å². The summed E-state index contributed by atoms with van der Waals surface area (Å²) in [6.45, 7) is 2.17. The highest BCUT2D eigenvalue weighted by molar-refractivity contribution is 7.17. The van der Waals surface area contributed by atoms with Gasteiger partial charge in [0.15, 0.2) is 0 Å². The Kier molecular flexibility index (Phi) is 8.77. The topological polar surface area (TPSA) is 49.8 Å². The van der Waals surface area contributed by atoms with E-state index in [0.29, 0.717) is 0 Å². The molecular formula is C32H42N4S2. The number of fused-ring (bicyclic) bond motifs is 4. The molecule has 0 saturated heterocycles. The Balaban J connectivity index is 0.863. The van der Waals surface area contributed by atoms with Crippen LogP contribution in [0.5, 0.6) is 0 Å². The Hall–Kier alpha value is -2.18. The second-order valence-electron chi connectivity index (χ2n) is 11.2. The number of hydrogen-bond donors (Lipinski definition) is 2. The van der Waals surface area contributed by atoms with E-state index in [-0.39, 0.29) is 0 Å². The van der Waals surface area contributed by atoms with Gasteiger partial charge in [0, 0.05) is 46.6 Å². The Morgan fingerprint density at radius 1 is 0.553 bits per heavy atom. The van der Waals surface area contributed by atoms with Crippen LogP contribution in [0.2, 0.25) is 0 Å². The molecule has 4 aromatic heterocycles. The fourth-order valence-corrected chi connectivity index (χ4v) is 8.02. The van der Waals surface area contributed by atoms with E-state index in [1.54, 1.807) is 22.7 Å². The molecule has 6 heteroatoms. The van der Waals surface area contributed by atoms with Gasteiger partial charge in [0.2, 0.25) is 0 Å². The summed E-state index contributed by atoms with van der Waals surface area (Å²) < 4.78 is 0. The molecule has 4 nitrogen and oxygen atoms in total. The maximum atomic E-state index is 4.96. The molecule has 6 rings (SSSR count). The van der Waals surface area contributed by atoms with Crippen molar-refractivity contribution in [2.24, 2.45) is 0 Å². The second kappa shape index (κ2) is 12.8. The van der Waals surface area contributed by atoms with Gasteiger partial charge in [-0.3, -0.25) is 0 Å². The normalized spacial score (nSPS) is 15.1. The van der Waals surface area contributed by atoms with Crippen LogP contribution >= 0.6 is 22.7 Å². The van der Waals surface area contributed by atoms with Gasteiger partial charge in [-0.1, -0.05) is 38.5 Å². The third kappa shape index (κ3) is 5.86. The number of aryl methyl sites for hydroxylation is 2. The van der Waals surface area contributed by atoms with Gasteiger partial charge in [-0.25, -0.2) is 9.97 Å². The second-order valence-corrected chi connectivity index (χ2v) is 13.0. The lowest BCUT2D eigenvalue weighted by atomic mass is 9.93. The molecule has 0 spiro atoms. The Labute approximate surface area is 235 Å². The number of pyridine rings is 2. The Bertz CT molecular complexity index is 1250. The van der Waals surface area contributed by atoms with Crippen molar-refractivity contribution in [2.75, 3.05) is 23.7 Å². The minimum absolute atomic E-state index is 1.09. The van der Waals surface area contributed by atoms with Crippen molar-refractivity contribution < 1.29 is 0 Å². The fraction of sp³-hybridized carbons (Fsp3) is 0.562. The molecule has 38 heavy (non-hydrogen) atoms. The Morgan fingerprint density at radius 2 is 0.974 bits per heavy atom. The van der Waals surface area contributed by atoms with Crippen molar-refractivity contribution in [3.05, 3.63) is 45.4 Å². The van der Waals surface area contributed by atoms with Crippen LogP contribution in [0.3, 0.4) is 0 Å². The highest BCUT2D eigenvalue weighted by atomic mass is 32.1. The molecule has 2 aliphatic carbocycles. The van der Waals surface area contributed by atoms with Gasteiger partial charge in [0.25, 0.3) is 0 Å². The van der Waals surface area contributed by atoms with E-state index in [2.05, 4.69) is 33.5 Å². The van der Waals surface area contributed by atoms with Gasteiger partial charge < -0.3 is 10.6 Å². The molecule has 2 aliphatic rings. The monoisotopic (exact) mass is 546 g/mol. The zero-order valence-corrected chi connectivity index (χ0v) is 24.4. The first-order chi connectivity index (χ1) is 18.9. The zero-order valence-electron chi connectivity index (χ0n) is 22.7. The van der Waals surface area contributed by atoms with Crippen LogP contribution in [0.15, 0.2) is 22.9 Å². The summed E-state index contributed by atoms with van der Waals surface area (Å²) in [4.78, 5) is 12.3. The van der Waals surface area contributed by atoms with Crippen molar-refractivity contribution in [3.8, 4) is 0 Å². The van der Waals surface area contributed by atoms with Gasteiger partial charge >= 0.3 is 0 Å².